The standard InChI is InChI=1S/C12H13BrN2O.C6H7BrN2O/c1-7-8(2)14-15(9(7)3)11-5-4-10(13)6-12(11)16;7-4-1-2-5(9-8)6(10)3-4/h4-6,16H,1-3H3;1-3,9-10H,8H2. The molecule has 3 aromatic rings. The van der Waals surface area contributed by atoms with Gasteiger partial charge in [0.25, 0.3) is 0 Å². The summed E-state index contributed by atoms with van der Waals surface area (Å²) in [7, 11) is 0. The molecule has 0 aliphatic heterocycles. The van der Waals surface area contributed by atoms with Gasteiger partial charge in [-0.15, -0.1) is 0 Å². The summed E-state index contributed by atoms with van der Waals surface area (Å²) in [6.45, 7) is 6.00. The number of nitrogen functional groups attached to an aromatic ring is 1. The fraction of sp³-hybridized carbons (Fsp3) is 0.167. The summed E-state index contributed by atoms with van der Waals surface area (Å²) in [5.41, 5.74) is 6.77. The molecule has 138 valence electrons. The fourth-order valence-electron chi connectivity index (χ4n) is 2.26. The van der Waals surface area contributed by atoms with Gasteiger partial charge in [0.05, 0.1) is 11.4 Å². The minimum Gasteiger partial charge on any atom is -0.506 e. The molecule has 0 atom stereocenters. The maximum absolute atomic E-state index is 9.88. The second-order valence-corrected chi connectivity index (χ2v) is 7.48. The van der Waals surface area contributed by atoms with Crippen LogP contribution in [0.4, 0.5) is 5.69 Å². The van der Waals surface area contributed by atoms with E-state index in [0.717, 1.165) is 25.9 Å². The second kappa shape index (κ2) is 8.57. The highest BCUT2D eigenvalue weighted by Gasteiger charge is 2.11. The van der Waals surface area contributed by atoms with E-state index in [4.69, 9.17) is 10.9 Å². The first-order valence-electron chi connectivity index (χ1n) is 7.71. The topological polar surface area (TPSA) is 96.3 Å². The van der Waals surface area contributed by atoms with E-state index in [1.807, 2.05) is 32.9 Å². The number of rotatable bonds is 2. The van der Waals surface area contributed by atoms with Crippen LogP contribution >= 0.6 is 31.9 Å². The molecule has 0 bridgehead atoms. The normalized spacial score (nSPS) is 10.2. The molecule has 0 fully saturated rings. The third-order valence-electron chi connectivity index (χ3n) is 3.93. The van der Waals surface area contributed by atoms with Crippen molar-refractivity contribution >= 4 is 37.5 Å². The summed E-state index contributed by atoms with van der Waals surface area (Å²) in [4.78, 5) is 0. The van der Waals surface area contributed by atoms with Gasteiger partial charge in [0.2, 0.25) is 0 Å². The average Bonchev–Trinajstić information content (AvgIpc) is 2.83. The number of halogens is 2. The molecular formula is C18H20Br2N4O2. The lowest BCUT2D eigenvalue weighted by Crippen LogP contribution is -2.06. The number of anilines is 1. The molecule has 0 radical (unpaired) electrons. The lowest BCUT2D eigenvalue weighted by atomic mass is 10.2. The number of hydrogen-bond donors (Lipinski definition) is 4. The van der Waals surface area contributed by atoms with Crippen LogP contribution in [0.15, 0.2) is 45.3 Å². The molecule has 0 unspecified atom stereocenters. The van der Waals surface area contributed by atoms with Crippen LogP contribution in [-0.4, -0.2) is 20.0 Å². The van der Waals surface area contributed by atoms with Crippen LogP contribution in [0.2, 0.25) is 0 Å². The number of benzene rings is 2. The van der Waals surface area contributed by atoms with Crippen LogP contribution in [0, 0.1) is 20.8 Å². The Morgan fingerprint density at radius 3 is 2.00 bits per heavy atom. The molecule has 26 heavy (non-hydrogen) atoms. The molecule has 5 N–H and O–H groups in total. The molecule has 2 aromatic carbocycles. The van der Waals surface area contributed by atoms with Crippen molar-refractivity contribution in [3.63, 3.8) is 0 Å². The van der Waals surface area contributed by atoms with Crippen molar-refractivity contribution in [1.82, 2.24) is 9.78 Å². The SMILES string of the molecule is Cc1nn(-c2ccc(Br)cc2O)c(C)c1C.NNc1ccc(Br)cc1O. The van der Waals surface area contributed by atoms with Crippen LogP contribution in [0.3, 0.4) is 0 Å². The van der Waals surface area contributed by atoms with Crippen molar-refractivity contribution in [3.05, 3.63) is 62.3 Å². The molecule has 0 aliphatic rings. The summed E-state index contributed by atoms with van der Waals surface area (Å²) >= 11 is 6.51. The number of aromatic nitrogens is 2. The number of aromatic hydroxyl groups is 2. The van der Waals surface area contributed by atoms with Crippen LogP contribution in [0.25, 0.3) is 5.69 Å². The van der Waals surface area contributed by atoms with Crippen LogP contribution in [0.1, 0.15) is 17.0 Å². The van der Waals surface area contributed by atoms with Crippen LogP contribution < -0.4 is 11.3 Å². The first-order chi connectivity index (χ1) is 12.2. The molecule has 0 amide bonds. The van der Waals surface area contributed by atoms with Gasteiger partial charge in [-0.1, -0.05) is 31.9 Å². The van der Waals surface area contributed by atoms with Crippen molar-refractivity contribution in [2.24, 2.45) is 5.84 Å². The molecule has 0 saturated carbocycles. The van der Waals surface area contributed by atoms with Gasteiger partial charge in [0.1, 0.15) is 17.2 Å². The Balaban J connectivity index is 0.000000209. The predicted octanol–water partition coefficient (Wildman–Crippen LogP) is 4.71. The maximum atomic E-state index is 9.88. The Labute approximate surface area is 168 Å². The first-order valence-corrected chi connectivity index (χ1v) is 9.30. The highest BCUT2D eigenvalue weighted by atomic mass is 79.9. The highest BCUT2D eigenvalue weighted by Crippen LogP contribution is 2.27. The molecular weight excluding hydrogens is 464 g/mol. The van der Waals surface area contributed by atoms with Gasteiger partial charge in [0.15, 0.2) is 0 Å². The molecule has 0 saturated heterocycles. The van der Waals surface area contributed by atoms with Crippen molar-refractivity contribution in [2.45, 2.75) is 20.8 Å². The summed E-state index contributed by atoms with van der Waals surface area (Å²) in [6, 6.07) is 10.4. The third-order valence-corrected chi connectivity index (χ3v) is 4.92. The van der Waals surface area contributed by atoms with Crippen LogP contribution in [-0.2, 0) is 0 Å². The molecule has 6 nitrogen and oxygen atoms in total. The van der Waals surface area contributed by atoms with E-state index in [-0.39, 0.29) is 11.5 Å². The van der Waals surface area contributed by atoms with Gasteiger partial charge < -0.3 is 15.6 Å². The van der Waals surface area contributed by atoms with E-state index >= 15 is 0 Å². The Morgan fingerprint density at radius 2 is 1.54 bits per heavy atom. The van der Waals surface area contributed by atoms with E-state index in [1.54, 1.807) is 28.9 Å². The van der Waals surface area contributed by atoms with Gasteiger partial charge in [-0.25, -0.2) is 4.68 Å². The summed E-state index contributed by atoms with van der Waals surface area (Å²) < 4.78 is 3.45. The average molecular weight is 484 g/mol. The number of nitrogens with zero attached hydrogens (tertiary/aromatic N) is 2. The monoisotopic (exact) mass is 482 g/mol. The Bertz CT molecular complexity index is 926. The minimum atomic E-state index is 0.136. The fourth-order valence-corrected chi connectivity index (χ4v) is 2.96. The largest absolute Gasteiger partial charge is 0.506 e. The molecule has 3 rings (SSSR count). The van der Waals surface area contributed by atoms with Gasteiger partial charge in [-0.2, -0.15) is 5.10 Å². The van der Waals surface area contributed by atoms with E-state index in [9.17, 15) is 5.11 Å². The number of nitrogens with one attached hydrogen (secondary N) is 1. The van der Waals surface area contributed by atoms with Gasteiger partial charge in [-0.3, -0.25) is 5.84 Å². The summed E-state index contributed by atoms with van der Waals surface area (Å²) in [5, 5.41) is 23.4. The van der Waals surface area contributed by atoms with Crippen molar-refractivity contribution < 1.29 is 10.2 Å². The second-order valence-electron chi connectivity index (χ2n) is 5.65. The highest BCUT2D eigenvalue weighted by molar-refractivity contribution is 9.10. The summed E-state index contributed by atoms with van der Waals surface area (Å²) in [5.74, 6) is 5.43. The smallest absolute Gasteiger partial charge is 0.142 e. The van der Waals surface area contributed by atoms with E-state index < -0.39 is 0 Å². The van der Waals surface area contributed by atoms with E-state index in [0.29, 0.717) is 11.4 Å². The minimum absolute atomic E-state index is 0.136. The third kappa shape index (κ3) is 4.57. The maximum Gasteiger partial charge on any atom is 0.142 e. The number of phenols is 2. The number of phenolic OH excluding ortho intramolecular Hbond substituents is 2. The number of nitrogens with two attached hydrogens (primary N) is 1. The molecule has 0 spiro atoms. The van der Waals surface area contributed by atoms with Gasteiger partial charge in [0, 0.05) is 14.6 Å². The quantitative estimate of drug-likeness (QED) is 0.240. The lowest BCUT2D eigenvalue weighted by molar-refractivity contribution is 0.469. The van der Waals surface area contributed by atoms with Gasteiger partial charge in [-0.05, 0) is 62.7 Å². The van der Waals surface area contributed by atoms with E-state index in [1.165, 1.54) is 0 Å². The molecule has 0 aliphatic carbocycles. The Morgan fingerprint density at radius 1 is 0.962 bits per heavy atom. The van der Waals surface area contributed by atoms with Crippen LogP contribution in [0.5, 0.6) is 11.5 Å². The number of hydrogen-bond acceptors (Lipinski definition) is 5. The van der Waals surface area contributed by atoms with Crippen molar-refractivity contribution in [1.29, 1.82) is 0 Å². The van der Waals surface area contributed by atoms with Crippen molar-refractivity contribution in [3.8, 4) is 17.2 Å². The zero-order valence-electron chi connectivity index (χ0n) is 14.6. The van der Waals surface area contributed by atoms with E-state index in [2.05, 4.69) is 42.4 Å². The molecule has 1 aromatic heterocycles. The number of aryl methyl sites for hydroxylation is 1. The first kappa shape index (κ1) is 20.3. The zero-order valence-corrected chi connectivity index (χ0v) is 17.8. The zero-order chi connectivity index (χ0) is 19.4. The molecule has 1 heterocycles. The van der Waals surface area contributed by atoms with Crippen molar-refractivity contribution in [2.75, 3.05) is 5.43 Å². The summed E-state index contributed by atoms with van der Waals surface area (Å²) in [6.07, 6.45) is 0. The molecule has 8 heteroatoms. The van der Waals surface area contributed by atoms with Gasteiger partial charge >= 0.3 is 0 Å². The predicted molar refractivity (Wildman–Crippen MR) is 111 cm³/mol. The lowest BCUT2D eigenvalue weighted by Gasteiger charge is -2.07. The Kier molecular flexibility index (Phi) is 6.69. The Hall–Kier alpha value is -2.03. The number of hydrazine groups is 1.